The van der Waals surface area contributed by atoms with Gasteiger partial charge in [-0.05, 0) is 37.8 Å². The number of piperidine rings is 1. The van der Waals surface area contributed by atoms with Crippen molar-refractivity contribution < 1.29 is 9.53 Å². The molecule has 0 bridgehead atoms. The average Bonchev–Trinajstić information content (AvgIpc) is 3.07. The van der Waals surface area contributed by atoms with Crippen molar-refractivity contribution in [2.75, 3.05) is 13.1 Å². The summed E-state index contributed by atoms with van der Waals surface area (Å²) in [7, 11) is 0. The van der Waals surface area contributed by atoms with Gasteiger partial charge in [0.25, 0.3) is 5.91 Å². The topological polar surface area (TPSA) is 50.4 Å². The summed E-state index contributed by atoms with van der Waals surface area (Å²) < 4.78 is 6.17. The number of carbonyl (C=O) groups is 1. The smallest absolute Gasteiger partial charge is 0.254 e. The fourth-order valence-corrected chi connectivity index (χ4v) is 3.39. The first-order valence-corrected chi connectivity index (χ1v) is 8.54. The van der Waals surface area contributed by atoms with Crippen molar-refractivity contribution in [1.82, 2.24) is 10.6 Å². The van der Waals surface area contributed by atoms with E-state index in [-0.39, 0.29) is 30.5 Å². The van der Waals surface area contributed by atoms with Crippen molar-refractivity contribution in [2.45, 2.75) is 56.8 Å². The molecule has 2 N–H and O–H groups in total. The van der Waals surface area contributed by atoms with Gasteiger partial charge in [-0.15, -0.1) is 12.4 Å². The summed E-state index contributed by atoms with van der Waals surface area (Å²) in [5.41, 5.74) is 0.954. The Morgan fingerprint density at radius 3 is 2.52 bits per heavy atom. The molecule has 128 valence electrons. The maximum Gasteiger partial charge on any atom is 0.254 e. The molecule has 1 unspecified atom stereocenters. The molecule has 5 heteroatoms. The second kappa shape index (κ2) is 9.26. The first-order valence-electron chi connectivity index (χ1n) is 8.54. The minimum Gasteiger partial charge on any atom is -0.360 e. The van der Waals surface area contributed by atoms with E-state index in [1.165, 1.54) is 12.8 Å². The minimum atomic E-state index is -0.480. The molecule has 1 saturated carbocycles. The standard InChI is InChI=1S/C18H26N2O2.ClH/c21-18(20-15-9-6-12-19-13-15)17(14-7-2-1-3-8-14)22-16-10-4-5-11-16;/h1-3,7-8,15-17,19H,4-6,9-13H2,(H,20,21);1H/t15-,17?;/m0./s1. The summed E-state index contributed by atoms with van der Waals surface area (Å²) in [4.78, 5) is 12.7. The zero-order chi connectivity index (χ0) is 15.2. The third-order valence-corrected chi connectivity index (χ3v) is 4.61. The normalized spacial score (nSPS) is 23.0. The second-order valence-electron chi connectivity index (χ2n) is 6.39. The monoisotopic (exact) mass is 338 g/mol. The molecule has 0 aromatic heterocycles. The lowest BCUT2D eigenvalue weighted by Gasteiger charge is -2.27. The summed E-state index contributed by atoms with van der Waals surface area (Å²) in [5, 5.41) is 6.50. The quantitative estimate of drug-likeness (QED) is 0.867. The van der Waals surface area contributed by atoms with Gasteiger partial charge in [0, 0.05) is 12.6 Å². The first-order chi connectivity index (χ1) is 10.8. The second-order valence-corrected chi connectivity index (χ2v) is 6.39. The molecule has 2 aliphatic rings. The highest BCUT2D eigenvalue weighted by atomic mass is 35.5. The Hall–Kier alpha value is -1.10. The van der Waals surface area contributed by atoms with Gasteiger partial charge in [0.1, 0.15) is 0 Å². The maximum atomic E-state index is 12.7. The number of rotatable bonds is 5. The molecule has 1 saturated heterocycles. The number of ether oxygens (including phenoxy) is 1. The predicted octanol–water partition coefficient (Wildman–Crippen LogP) is 2.98. The Kier molecular flexibility index (Phi) is 7.34. The molecule has 4 nitrogen and oxygen atoms in total. The molecular weight excluding hydrogens is 312 g/mol. The van der Waals surface area contributed by atoms with E-state index >= 15 is 0 Å². The van der Waals surface area contributed by atoms with E-state index in [1.54, 1.807) is 0 Å². The van der Waals surface area contributed by atoms with E-state index in [0.717, 1.165) is 44.3 Å². The zero-order valence-corrected chi connectivity index (χ0v) is 14.3. The molecule has 1 aliphatic carbocycles. The van der Waals surface area contributed by atoms with Gasteiger partial charge in [-0.25, -0.2) is 0 Å². The van der Waals surface area contributed by atoms with Gasteiger partial charge in [-0.1, -0.05) is 43.2 Å². The van der Waals surface area contributed by atoms with Gasteiger partial charge in [-0.3, -0.25) is 4.79 Å². The number of amides is 1. The van der Waals surface area contributed by atoms with Crippen molar-refractivity contribution in [3.05, 3.63) is 35.9 Å². The molecule has 1 aliphatic heterocycles. The molecule has 2 atom stereocenters. The van der Waals surface area contributed by atoms with Gasteiger partial charge in [0.2, 0.25) is 0 Å². The fourth-order valence-electron chi connectivity index (χ4n) is 3.39. The summed E-state index contributed by atoms with van der Waals surface area (Å²) in [6.45, 7) is 1.91. The third kappa shape index (κ3) is 5.20. The van der Waals surface area contributed by atoms with Crippen LogP contribution < -0.4 is 10.6 Å². The minimum absolute atomic E-state index is 0. The maximum absolute atomic E-state index is 12.7. The lowest BCUT2D eigenvalue weighted by atomic mass is 10.0. The zero-order valence-electron chi connectivity index (χ0n) is 13.5. The van der Waals surface area contributed by atoms with E-state index in [2.05, 4.69) is 10.6 Å². The van der Waals surface area contributed by atoms with E-state index in [9.17, 15) is 4.79 Å². The Bertz CT molecular complexity index is 471. The summed E-state index contributed by atoms with van der Waals surface area (Å²) in [5.74, 6) is 0.00630. The largest absolute Gasteiger partial charge is 0.360 e. The Morgan fingerprint density at radius 1 is 1.13 bits per heavy atom. The molecule has 0 spiro atoms. The number of benzene rings is 1. The molecule has 1 aromatic rings. The summed E-state index contributed by atoms with van der Waals surface area (Å²) in [6.07, 6.45) is 6.46. The SMILES string of the molecule is Cl.O=C(N[C@H]1CCCNC1)C(OC1CCCC1)c1ccccc1. The van der Waals surface area contributed by atoms with Crippen LogP contribution in [0.25, 0.3) is 0 Å². The molecule has 1 amide bonds. The van der Waals surface area contributed by atoms with Crippen LogP contribution >= 0.6 is 12.4 Å². The van der Waals surface area contributed by atoms with Gasteiger partial charge in [-0.2, -0.15) is 0 Å². The van der Waals surface area contributed by atoms with Crippen molar-refractivity contribution in [2.24, 2.45) is 0 Å². The summed E-state index contributed by atoms with van der Waals surface area (Å²) in [6, 6.07) is 10.1. The van der Waals surface area contributed by atoms with Gasteiger partial charge < -0.3 is 15.4 Å². The van der Waals surface area contributed by atoms with Crippen LogP contribution in [0.15, 0.2) is 30.3 Å². The molecule has 2 fully saturated rings. The molecule has 23 heavy (non-hydrogen) atoms. The van der Waals surface area contributed by atoms with Gasteiger partial charge in [0.15, 0.2) is 6.10 Å². The van der Waals surface area contributed by atoms with Crippen LogP contribution in [0.4, 0.5) is 0 Å². The predicted molar refractivity (Wildman–Crippen MR) is 93.8 cm³/mol. The molecular formula is C18H27ClN2O2. The van der Waals surface area contributed by atoms with Gasteiger partial charge >= 0.3 is 0 Å². The van der Waals surface area contributed by atoms with Crippen LogP contribution in [0, 0.1) is 0 Å². The molecule has 1 heterocycles. The highest BCUT2D eigenvalue weighted by Gasteiger charge is 2.28. The van der Waals surface area contributed by atoms with E-state index in [1.807, 2.05) is 30.3 Å². The van der Waals surface area contributed by atoms with Crippen LogP contribution in [0.5, 0.6) is 0 Å². The molecule has 3 rings (SSSR count). The van der Waals surface area contributed by atoms with Gasteiger partial charge in [0.05, 0.1) is 6.10 Å². The first kappa shape index (κ1) is 18.2. The number of hydrogen-bond donors (Lipinski definition) is 2. The Labute approximate surface area is 144 Å². The van der Waals surface area contributed by atoms with Crippen LogP contribution in [-0.2, 0) is 9.53 Å². The fraction of sp³-hybridized carbons (Fsp3) is 0.611. The molecule has 0 radical (unpaired) electrons. The van der Waals surface area contributed by atoms with Crippen molar-refractivity contribution in [3.8, 4) is 0 Å². The van der Waals surface area contributed by atoms with Crippen LogP contribution in [0.3, 0.4) is 0 Å². The number of halogens is 1. The Morgan fingerprint density at radius 2 is 1.87 bits per heavy atom. The number of carbonyl (C=O) groups excluding carboxylic acids is 1. The lowest BCUT2D eigenvalue weighted by molar-refractivity contribution is -0.138. The van der Waals surface area contributed by atoms with Crippen molar-refractivity contribution in [1.29, 1.82) is 0 Å². The van der Waals surface area contributed by atoms with E-state index < -0.39 is 6.10 Å². The number of hydrogen-bond acceptors (Lipinski definition) is 3. The van der Waals surface area contributed by atoms with Crippen molar-refractivity contribution >= 4 is 18.3 Å². The summed E-state index contributed by atoms with van der Waals surface area (Å²) >= 11 is 0. The molecule has 1 aromatic carbocycles. The highest BCUT2D eigenvalue weighted by Crippen LogP contribution is 2.28. The van der Waals surface area contributed by atoms with Crippen molar-refractivity contribution in [3.63, 3.8) is 0 Å². The van der Waals surface area contributed by atoms with Crippen LogP contribution in [0.1, 0.15) is 50.2 Å². The van der Waals surface area contributed by atoms with E-state index in [0.29, 0.717) is 0 Å². The lowest BCUT2D eigenvalue weighted by Crippen LogP contribution is -2.47. The van der Waals surface area contributed by atoms with E-state index in [4.69, 9.17) is 4.74 Å². The van der Waals surface area contributed by atoms with Crippen LogP contribution in [0.2, 0.25) is 0 Å². The number of nitrogens with one attached hydrogen (secondary N) is 2. The highest BCUT2D eigenvalue weighted by molar-refractivity contribution is 5.85. The third-order valence-electron chi connectivity index (χ3n) is 4.61. The average molecular weight is 339 g/mol. The Balaban J connectivity index is 0.00000192. The van der Waals surface area contributed by atoms with Crippen LogP contribution in [-0.4, -0.2) is 31.1 Å².